The van der Waals surface area contributed by atoms with Crippen molar-refractivity contribution in [3.05, 3.63) is 52.8 Å². The summed E-state index contributed by atoms with van der Waals surface area (Å²) in [5.41, 5.74) is 4.27. The number of ether oxygens (including phenoxy) is 1. The van der Waals surface area contributed by atoms with Crippen LogP contribution in [0, 0.1) is 0 Å². The van der Waals surface area contributed by atoms with E-state index in [1.54, 1.807) is 4.68 Å². The van der Waals surface area contributed by atoms with Crippen LogP contribution < -0.4 is 0 Å². The van der Waals surface area contributed by atoms with E-state index in [0.29, 0.717) is 13.2 Å². The number of benzene rings is 1. The number of hydrogen-bond donors (Lipinski definition) is 0. The predicted octanol–water partition coefficient (Wildman–Crippen LogP) is 2.51. The zero-order valence-corrected chi connectivity index (χ0v) is 14.1. The Kier molecular flexibility index (Phi) is 4.10. The average molecular weight is 325 g/mol. The lowest BCUT2D eigenvalue weighted by Gasteiger charge is -2.21. The van der Waals surface area contributed by atoms with Crippen molar-refractivity contribution in [3.8, 4) is 0 Å². The summed E-state index contributed by atoms with van der Waals surface area (Å²) in [5.74, 6) is 0.339. The first-order chi connectivity index (χ1) is 11.7. The molecule has 0 bridgehead atoms. The second-order valence-electron chi connectivity index (χ2n) is 6.76. The average Bonchev–Trinajstić information content (AvgIpc) is 3.18. The Morgan fingerprint density at radius 2 is 2.12 bits per heavy atom. The fourth-order valence-corrected chi connectivity index (χ4v) is 3.77. The molecule has 0 N–H and O–H groups in total. The highest BCUT2D eigenvalue weighted by molar-refractivity contribution is 5.95. The van der Waals surface area contributed by atoms with E-state index < -0.39 is 0 Å². The van der Waals surface area contributed by atoms with Gasteiger partial charge >= 0.3 is 0 Å². The lowest BCUT2D eigenvalue weighted by atomic mass is 10.0. The van der Waals surface area contributed by atoms with Crippen LogP contribution in [-0.4, -0.2) is 40.3 Å². The molecule has 1 amide bonds. The Hall–Kier alpha value is -2.14. The van der Waals surface area contributed by atoms with Crippen LogP contribution in [0.4, 0.5) is 0 Å². The van der Waals surface area contributed by atoms with Gasteiger partial charge < -0.3 is 9.64 Å². The van der Waals surface area contributed by atoms with Crippen LogP contribution in [0.15, 0.2) is 30.5 Å². The van der Waals surface area contributed by atoms with Gasteiger partial charge in [-0.25, -0.2) is 0 Å². The van der Waals surface area contributed by atoms with Crippen LogP contribution >= 0.6 is 0 Å². The Morgan fingerprint density at radius 3 is 2.92 bits per heavy atom. The maximum atomic E-state index is 13.2. The summed E-state index contributed by atoms with van der Waals surface area (Å²) in [6, 6.07) is 8.44. The smallest absolute Gasteiger partial charge is 0.257 e. The van der Waals surface area contributed by atoms with E-state index in [0.717, 1.165) is 43.7 Å². The molecule has 1 aromatic heterocycles. The van der Waals surface area contributed by atoms with Crippen LogP contribution in [0.2, 0.25) is 0 Å². The molecule has 2 aromatic rings. The second-order valence-corrected chi connectivity index (χ2v) is 6.76. The number of aromatic nitrogens is 2. The first-order valence-electron chi connectivity index (χ1n) is 8.69. The number of fused-ring (bicyclic) bond motifs is 1. The van der Waals surface area contributed by atoms with Gasteiger partial charge in [-0.3, -0.25) is 9.48 Å². The predicted molar refractivity (Wildman–Crippen MR) is 90.9 cm³/mol. The number of carbonyl (C=O) groups is 1. The molecule has 4 rings (SSSR count). The van der Waals surface area contributed by atoms with Crippen molar-refractivity contribution in [1.82, 2.24) is 14.7 Å². The minimum absolute atomic E-state index is 0.0988. The van der Waals surface area contributed by atoms with Crippen molar-refractivity contribution in [1.29, 1.82) is 0 Å². The molecule has 2 aliphatic rings. The summed E-state index contributed by atoms with van der Waals surface area (Å²) in [6.07, 6.45) is 4.86. The van der Waals surface area contributed by atoms with Gasteiger partial charge in [0.25, 0.3) is 5.91 Å². The molecule has 5 nitrogen and oxygen atoms in total. The standard InChI is InChI=1S/C19H23N3O2/c1-21-12-17(18(20-21)16-8-10-24-13-16)19(23)22-9-4-7-14-5-2-3-6-15(14)11-22/h2-3,5-6,12,16H,4,7-11,13H2,1H3/t16-/m0/s1. The summed E-state index contributed by atoms with van der Waals surface area (Å²) in [5, 5.41) is 4.57. The zero-order valence-electron chi connectivity index (χ0n) is 14.1. The molecule has 3 heterocycles. The third-order valence-corrected chi connectivity index (χ3v) is 5.05. The number of carbonyl (C=O) groups excluding carboxylic acids is 1. The molecular weight excluding hydrogens is 302 g/mol. The first kappa shape index (κ1) is 15.4. The van der Waals surface area contributed by atoms with Crippen molar-refractivity contribution < 1.29 is 9.53 Å². The molecule has 1 atom stereocenters. The minimum Gasteiger partial charge on any atom is -0.381 e. The van der Waals surface area contributed by atoms with Crippen molar-refractivity contribution in [2.45, 2.75) is 31.7 Å². The molecule has 0 unspecified atom stereocenters. The zero-order chi connectivity index (χ0) is 16.5. The van der Waals surface area contributed by atoms with Crippen molar-refractivity contribution >= 4 is 5.91 Å². The van der Waals surface area contributed by atoms with E-state index >= 15 is 0 Å². The third-order valence-electron chi connectivity index (χ3n) is 5.05. The highest BCUT2D eigenvalue weighted by Gasteiger charge is 2.29. The fourth-order valence-electron chi connectivity index (χ4n) is 3.77. The molecule has 1 aromatic carbocycles. The summed E-state index contributed by atoms with van der Waals surface area (Å²) >= 11 is 0. The number of nitrogens with zero attached hydrogens (tertiary/aromatic N) is 3. The topological polar surface area (TPSA) is 47.4 Å². The second kappa shape index (κ2) is 6.40. The molecule has 5 heteroatoms. The van der Waals surface area contributed by atoms with Gasteiger partial charge in [-0.15, -0.1) is 0 Å². The first-order valence-corrected chi connectivity index (χ1v) is 8.69. The van der Waals surface area contributed by atoms with Crippen molar-refractivity contribution in [3.63, 3.8) is 0 Å². The monoisotopic (exact) mass is 325 g/mol. The van der Waals surface area contributed by atoms with E-state index in [1.165, 1.54) is 11.1 Å². The van der Waals surface area contributed by atoms with Gasteiger partial charge in [-0.1, -0.05) is 24.3 Å². The minimum atomic E-state index is 0.0988. The number of rotatable bonds is 2. The van der Waals surface area contributed by atoms with Gasteiger partial charge in [0.1, 0.15) is 0 Å². The Morgan fingerprint density at radius 1 is 1.29 bits per heavy atom. The molecule has 1 fully saturated rings. The molecular formula is C19H23N3O2. The molecule has 24 heavy (non-hydrogen) atoms. The van der Waals surface area contributed by atoms with Gasteiger partial charge in [0, 0.05) is 38.9 Å². The Bertz CT molecular complexity index is 747. The summed E-state index contributed by atoms with van der Waals surface area (Å²) < 4.78 is 7.25. The Labute approximate surface area is 142 Å². The Balaban J connectivity index is 1.62. The van der Waals surface area contributed by atoms with Gasteiger partial charge in [-0.2, -0.15) is 5.10 Å². The van der Waals surface area contributed by atoms with E-state index in [4.69, 9.17) is 4.74 Å². The van der Waals surface area contributed by atoms with Crippen LogP contribution in [0.25, 0.3) is 0 Å². The van der Waals surface area contributed by atoms with E-state index in [9.17, 15) is 4.79 Å². The molecule has 126 valence electrons. The van der Waals surface area contributed by atoms with Crippen LogP contribution in [0.1, 0.15) is 45.9 Å². The number of hydrogen-bond acceptors (Lipinski definition) is 3. The quantitative estimate of drug-likeness (QED) is 0.852. The van der Waals surface area contributed by atoms with Gasteiger partial charge in [0.05, 0.1) is 17.9 Å². The molecule has 0 radical (unpaired) electrons. The molecule has 1 saturated heterocycles. The van der Waals surface area contributed by atoms with E-state index in [-0.39, 0.29) is 11.8 Å². The van der Waals surface area contributed by atoms with Crippen molar-refractivity contribution in [2.24, 2.45) is 7.05 Å². The SMILES string of the molecule is Cn1cc(C(=O)N2CCCc3ccccc3C2)c([C@H]2CCOC2)n1. The maximum absolute atomic E-state index is 13.2. The normalized spacial score (nSPS) is 20.7. The largest absolute Gasteiger partial charge is 0.381 e. The highest BCUT2D eigenvalue weighted by atomic mass is 16.5. The molecule has 0 aliphatic carbocycles. The summed E-state index contributed by atoms with van der Waals surface area (Å²) in [6.45, 7) is 2.90. The number of aryl methyl sites for hydroxylation is 2. The summed E-state index contributed by atoms with van der Waals surface area (Å²) in [4.78, 5) is 15.2. The van der Waals surface area contributed by atoms with Crippen molar-refractivity contribution in [2.75, 3.05) is 19.8 Å². The highest BCUT2D eigenvalue weighted by Crippen LogP contribution is 2.28. The fraction of sp³-hybridized carbons (Fsp3) is 0.474. The lowest BCUT2D eigenvalue weighted by Crippen LogP contribution is -2.31. The molecule has 0 saturated carbocycles. The lowest BCUT2D eigenvalue weighted by molar-refractivity contribution is 0.0744. The van der Waals surface area contributed by atoms with Gasteiger partial charge in [0.15, 0.2) is 0 Å². The maximum Gasteiger partial charge on any atom is 0.257 e. The number of amides is 1. The molecule has 2 aliphatic heterocycles. The van der Waals surface area contributed by atoms with Crippen LogP contribution in [-0.2, 0) is 24.8 Å². The van der Waals surface area contributed by atoms with Crippen LogP contribution in [0.5, 0.6) is 0 Å². The third kappa shape index (κ3) is 2.84. The van der Waals surface area contributed by atoms with E-state index in [1.807, 2.05) is 18.1 Å². The van der Waals surface area contributed by atoms with Gasteiger partial charge in [-0.05, 0) is 30.4 Å². The van der Waals surface area contributed by atoms with Crippen LogP contribution in [0.3, 0.4) is 0 Å². The van der Waals surface area contributed by atoms with E-state index in [2.05, 4.69) is 29.4 Å². The van der Waals surface area contributed by atoms with Gasteiger partial charge in [0.2, 0.25) is 0 Å². The molecule has 0 spiro atoms. The summed E-state index contributed by atoms with van der Waals surface area (Å²) in [7, 11) is 1.88.